The Morgan fingerprint density at radius 3 is 2.64 bits per heavy atom. The SMILES string of the molecule is COc1cccc(C(=O)N2CCc3oc(-c4cccc(NC(=O)CC(C)CC(C)(C)C)c4)cc3C2)c1. The largest absolute Gasteiger partial charge is 0.497 e. The Balaban J connectivity index is 1.43. The van der Waals surface area contributed by atoms with Gasteiger partial charge >= 0.3 is 0 Å². The minimum atomic E-state index is -0.0206. The van der Waals surface area contributed by atoms with E-state index in [9.17, 15) is 9.59 Å². The van der Waals surface area contributed by atoms with E-state index in [1.54, 1.807) is 13.2 Å². The van der Waals surface area contributed by atoms with Gasteiger partial charge in [-0.1, -0.05) is 45.9 Å². The Hall–Kier alpha value is -3.54. The first kappa shape index (κ1) is 25.5. The molecule has 6 heteroatoms. The lowest BCUT2D eigenvalue weighted by Crippen LogP contribution is -2.35. The fourth-order valence-corrected chi connectivity index (χ4v) is 4.98. The molecule has 0 spiro atoms. The van der Waals surface area contributed by atoms with E-state index in [1.807, 2.05) is 53.4 Å². The van der Waals surface area contributed by atoms with Gasteiger partial charge in [0.15, 0.2) is 0 Å². The van der Waals surface area contributed by atoms with Crippen molar-refractivity contribution in [3.63, 3.8) is 0 Å². The van der Waals surface area contributed by atoms with Crippen LogP contribution >= 0.6 is 0 Å². The van der Waals surface area contributed by atoms with Crippen molar-refractivity contribution in [3.8, 4) is 17.1 Å². The third-order valence-electron chi connectivity index (χ3n) is 6.40. The Labute approximate surface area is 213 Å². The van der Waals surface area contributed by atoms with Crippen molar-refractivity contribution in [1.29, 1.82) is 0 Å². The summed E-state index contributed by atoms with van der Waals surface area (Å²) in [6.45, 7) is 9.80. The van der Waals surface area contributed by atoms with E-state index >= 15 is 0 Å². The number of hydrogen-bond acceptors (Lipinski definition) is 4. The molecule has 1 aromatic heterocycles. The summed E-state index contributed by atoms with van der Waals surface area (Å²) in [6.07, 6.45) is 2.15. The molecule has 190 valence electrons. The Kier molecular flexibility index (Phi) is 7.53. The summed E-state index contributed by atoms with van der Waals surface area (Å²) in [6, 6.07) is 17.0. The third-order valence-corrected chi connectivity index (χ3v) is 6.40. The predicted octanol–water partition coefficient (Wildman–Crippen LogP) is 6.55. The highest BCUT2D eigenvalue weighted by Crippen LogP contribution is 2.32. The monoisotopic (exact) mass is 488 g/mol. The molecule has 1 N–H and O–H groups in total. The second-order valence-corrected chi connectivity index (χ2v) is 11.0. The number of rotatable bonds is 7. The van der Waals surface area contributed by atoms with Crippen LogP contribution in [0.4, 0.5) is 5.69 Å². The highest BCUT2D eigenvalue weighted by Gasteiger charge is 2.25. The summed E-state index contributed by atoms with van der Waals surface area (Å²) >= 11 is 0. The summed E-state index contributed by atoms with van der Waals surface area (Å²) in [5.41, 5.74) is 3.48. The molecule has 36 heavy (non-hydrogen) atoms. The summed E-state index contributed by atoms with van der Waals surface area (Å²) in [5, 5.41) is 3.04. The van der Waals surface area contributed by atoms with Crippen LogP contribution in [0.5, 0.6) is 5.75 Å². The molecular weight excluding hydrogens is 452 g/mol. The smallest absolute Gasteiger partial charge is 0.254 e. The Morgan fingerprint density at radius 2 is 1.89 bits per heavy atom. The minimum Gasteiger partial charge on any atom is -0.497 e. The van der Waals surface area contributed by atoms with Crippen LogP contribution in [0, 0.1) is 11.3 Å². The first-order valence-corrected chi connectivity index (χ1v) is 12.6. The number of anilines is 1. The van der Waals surface area contributed by atoms with Crippen molar-refractivity contribution in [2.75, 3.05) is 19.0 Å². The van der Waals surface area contributed by atoms with Gasteiger partial charge in [-0.15, -0.1) is 0 Å². The molecule has 2 aromatic carbocycles. The number of nitrogens with zero attached hydrogens (tertiary/aromatic N) is 1. The molecule has 0 fully saturated rings. The van der Waals surface area contributed by atoms with Gasteiger partial charge in [0.05, 0.1) is 7.11 Å². The van der Waals surface area contributed by atoms with Crippen LogP contribution in [0.3, 0.4) is 0 Å². The summed E-state index contributed by atoms with van der Waals surface area (Å²) < 4.78 is 11.4. The lowest BCUT2D eigenvalue weighted by molar-refractivity contribution is -0.117. The van der Waals surface area contributed by atoms with Crippen LogP contribution in [-0.2, 0) is 17.8 Å². The van der Waals surface area contributed by atoms with Crippen molar-refractivity contribution in [2.24, 2.45) is 11.3 Å². The number of fused-ring (bicyclic) bond motifs is 1. The molecule has 1 atom stereocenters. The standard InChI is InChI=1S/C30H36N2O4/c1-20(18-30(2,3)4)14-28(33)31-24-10-6-8-21(15-24)27-17-23-19-32(13-12-26(23)36-27)29(34)22-9-7-11-25(16-22)35-5/h6-11,15-17,20H,12-14,18-19H2,1-5H3,(H,31,33). The quantitative estimate of drug-likeness (QED) is 0.409. The molecule has 6 nitrogen and oxygen atoms in total. The fraction of sp³-hybridized carbons (Fsp3) is 0.400. The minimum absolute atomic E-state index is 0.0206. The second-order valence-electron chi connectivity index (χ2n) is 11.0. The van der Waals surface area contributed by atoms with E-state index in [4.69, 9.17) is 9.15 Å². The maximum Gasteiger partial charge on any atom is 0.254 e. The van der Waals surface area contributed by atoms with Gasteiger partial charge in [0.25, 0.3) is 5.91 Å². The topological polar surface area (TPSA) is 71.8 Å². The van der Waals surface area contributed by atoms with Crippen LogP contribution in [-0.4, -0.2) is 30.4 Å². The molecule has 1 aliphatic heterocycles. The van der Waals surface area contributed by atoms with E-state index in [-0.39, 0.29) is 17.2 Å². The van der Waals surface area contributed by atoms with Gasteiger partial charge in [-0.05, 0) is 54.2 Å². The van der Waals surface area contributed by atoms with Crippen LogP contribution in [0.15, 0.2) is 59.0 Å². The molecule has 0 aliphatic carbocycles. The van der Waals surface area contributed by atoms with Crippen LogP contribution in [0.1, 0.15) is 62.2 Å². The van der Waals surface area contributed by atoms with Gasteiger partial charge in [-0.2, -0.15) is 0 Å². The number of methoxy groups -OCH3 is 1. The number of hydrogen-bond donors (Lipinski definition) is 1. The van der Waals surface area contributed by atoms with Gasteiger partial charge in [0.2, 0.25) is 5.91 Å². The Bertz CT molecular complexity index is 1240. The molecule has 0 saturated carbocycles. The zero-order valence-electron chi connectivity index (χ0n) is 21.9. The first-order valence-electron chi connectivity index (χ1n) is 12.6. The lowest BCUT2D eigenvalue weighted by atomic mass is 9.84. The van der Waals surface area contributed by atoms with Crippen molar-refractivity contribution in [2.45, 2.75) is 53.5 Å². The molecule has 0 radical (unpaired) electrons. The fourth-order valence-electron chi connectivity index (χ4n) is 4.98. The normalized spacial score (nSPS) is 14.2. The van der Waals surface area contributed by atoms with Crippen molar-refractivity contribution in [1.82, 2.24) is 4.90 Å². The molecule has 0 saturated heterocycles. The van der Waals surface area contributed by atoms with E-state index in [0.717, 1.165) is 34.8 Å². The number of ether oxygens (including phenoxy) is 1. The molecule has 4 rings (SSSR count). The number of amides is 2. The number of benzene rings is 2. The zero-order chi connectivity index (χ0) is 25.9. The molecular formula is C30H36N2O4. The van der Waals surface area contributed by atoms with Crippen LogP contribution in [0.25, 0.3) is 11.3 Å². The van der Waals surface area contributed by atoms with Crippen LogP contribution in [0.2, 0.25) is 0 Å². The molecule has 1 aliphatic rings. The second kappa shape index (κ2) is 10.6. The van der Waals surface area contributed by atoms with Gasteiger partial charge in [0.1, 0.15) is 17.3 Å². The number of carbonyl (C=O) groups excluding carboxylic acids is 2. The van der Waals surface area contributed by atoms with Gasteiger partial charge in [0, 0.05) is 48.3 Å². The highest BCUT2D eigenvalue weighted by atomic mass is 16.5. The molecule has 3 aromatic rings. The van der Waals surface area contributed by atoms with Crippen molar-refractivity contribution in [3.05, 3.63) is 71.5 Å². The molecule has 1 unspecified atom stereocenters. The first-order chi connectivity index (χ1) is 17.1. The third kappa shape index (κ3) is 6.36. The highest BCUT2D eigenvalue weighted by molar-refractivity contribution is 5.95. The average molecular weight is 489 g/mol. The van der Waals surface area contributed by atoms with E-state index < -0.39 is 0 Å². The summed E-state index contributed by atoms with van der Waals surface area (Å²) in [4.78, 5) is 27.5. The molecule has 0 bridgehead atoms. The van der Waals surface area contributed by atoms with Gasteiger partial charge < -0.3 is 19.4 Å². The zero-order valence-corrected chi connectivity index (χ0v) is 21.9. The van der Waals surface area contributed by atoms with Gasteiger partial charge in [-0.3, -0.25) is 9.59 Å². The molecule has 2 amide bonds. The number of nitrogens with one attached hydrogen (secondary N) is 1. The van der Waals surface area contributed by atoms with Crippen molar-refractivity contribution < 1.29 is 18.7 Å². The maximum atomic E-state index is 13.1. The summed E-state index contributed by atoms with van der Waals surface area (Å²) in [5.74, 6) is 2.63. The lowest BCUT2D eigenvalue weighted by Gasteiger charge is -2.26. The average Bonchev–Trinajstić information content (AvgIpc) is 3.26. The predicted molar refractivity (Wildman–Crippen MR) is 142 cm³/mol. The maximum absolute atomic E-state index is 13.1. The molecule has 2 heterocycles. The Morgan fingerprint density at radius 1 is 1.11 bits per heavy atom. The number of carbonyl (C=O) groups is 2. The van der Waals surface area contributed by atoms with Gasteiger partial charge in [-0.25, -0.2) is 0 Å². The summed E-state index contributed by atoms with van der Waals surface area (Å²) in [7, 11) is 1.60. The van der Waals surface area contributed by atoms with E-state index in [2.05, 4.69) is 33.0 Å². The number of furan rings is 1. The van der Waals surface area contributed by atoms with E-state index in [0.29, 0.717) is 43.2 Å². The van der Waals surface area contributed by atoms with Crippen molar-refractivity contribution >= 4 is 17.5 Å². The van der Waals surface area contributed by atoms with Crippen LogP contribution < -0.4 is 10.1 Å². The van der Waals surface area contributed by atoms with E-state index in [1.165, 1.54) is 0 Å².